The summed E-state index contributed by atoms with van der Waals surface area (Å²) < 4.78 is 0. The molecule has 0 spiro atoms. The van der Waals surface area contributed by atoms with E-state index in [2.05, 4.69) is 0 Å². The predicted octanol–water partition coefficient (Wildman–Crippen LogP) is 2.15. The highest BCUT2D eigenvalue weighted by molar-refractivity contribution is 6.31. The third kappa shape index (κ3) is 2.70. The number of hydrogen-bond donors (Lipinski definition) is 1. The maximum Gasteiger partial charge on any atom is 0.334 e. The molecule has 2 rings (SSSR count). The van der Waals surface area contributed by atoms with Crippen molar-refractivity contribution in [1.29, 1.82) is 0 Å². The van der Waals surface area contributed by atoms with Crippen molar-refractivity contribution < 1.29 is 4.79 Å². The van der Waals surface area contributed by atoms with Crippen molar-refractivity contribution in [3.8, 4) is 0 Å². The molecule has 0 bridgehead atoms. The average molecular weight is 254 g/mol. The molecule has 5 heteroatoms. The van der Waals surface area contributed by atoms with Gasteiger partial charge in [0.2, 0.25) is 0 Å². The molecule has 92 valence electrons. The fraction of sp³-hybridized carbons (Fsp3) is 0.417. The van der Waals surface area contributed by atoms with Gasteiger partial charge in [0, 0.05) is 24.7 Å². The molecule has 1 aromatic carbocycles. The van der Waals surface area contributed by atoms with Gasteiger partial charge >= 0.3 is 6.03 Å². The largest absolute Gasteiger partial charge is 0.334 e. The van der Waals surface area contributed by atoms with Crippen LogP contribution in [0.5, 0.6) is 0 Å². The van der Waals surface area contributed by atoms with E-state index >= 15 is 0 Å². The molecule has 0 aliphatic carbocycles. The first-order chi connectivity index (χ1) is 8.08. The summed E-state index contributed by atoms with van der Waals surface area (Å²) >= 11 is 6.15. The van der Waals surface area contributed by atoms with E-state index in [0.717, 1.165) is 24.1 Å². The Bertz CT molecular complexity index is 436. The van der Waals surface area contributed by atoms with Crippen molar-refractivity contribution >= 4 is 17.6 Å². The third-order valence-corrected chi connectivity index (χ3v) is 3.26. The lowest BCUT2D eigenvalue weighted by molar-refractivity contribution is 0.127. The van der Waals surface area contributed by atoms with Crippen LogP contribution in [0, 0.1) is 6.92 Å². The number of benzene rings is 1. The standard InChI is InChI=1S/C12H16ClN3O/c1-9-3-4-10(11(13)7-9)8-15-5-2-6-16(14)12(15)17/h3-4,7H,2,5-6,8,14H2,1H3. The van der Waals surface area contributed by atoms with Crippen LogP contribution < -0.4 is 5.84 Å². The van der Waals surface area contributed by atoms with E-state index < -0.39 is 0 Å². The molecule has 0 aromatic heterocycles. The van der Waals surface area contributed by atoms with E-state index in [1.165, 1.54) is 5.01 Å². The number of aryl methyl sites for hydroxylation is 1. The number of hydrogen-bond acceptors (Lipinski definition) is 2. The number of nitrogens with two attached hydrogens (primary N) is 1. The topological polar surface area (TPSA) is 49.6 Å². The molecule has 1 heterocycles. The van der Waals surface area contributed by atoms with Gasteiger partial charge in [0.1, 0.15) is 0 Å². The summed E-state index contributed by atoms with van der Waals surface area (Å²) in [6.45, 7) is 3.86. The second-order valence-electron chi connectivity index (χ2n) is 4.35. The van der Waals surface area contributed by atoms with Gasteiger partial charge < -0.3 is 4.90 Å². The molecule has 1 aromatic rings. The lowest BCUT2D eigenvalue weighted by Crippen LogP contribution is -2.52. The molecule has 0 atom stereocenters. The monoisotopic (exact) mass is 253 g/mol. The zero-order valence-electron chi connectivity index (χ0n) is 9.82. The van der Waals surface area contributed by atoms with Crippen molar-refractivity contribution in [3.63, 3.8) is 0 Å². The van der Waals surface area contributed by atoms with Crippen LogP contribution in [0.4, 0.5) is 4.79 Å². The first-order valence-electron chi connectivity index (χ1n) is 5.64. The van der Waals surface area contributed by atoms with Gasteiger partial charge in [-0.3, -0.25) is 5.01 Å². The van der Waals surface area contributed by atoms with Gasteiger partial charge in [0.05, 0.1) is 0 Å². The number of carbonyl (C=O) groups excluding carboxylic acids is 1. The Balaban J connectivity index is 2.12. The van der Waals surface area contributed by atoms with Crippen molar-refractivity contribution in [1.82, 2.24) is 9.91 Å². The van der Waals surface area contributed by atoms with Crippen LogP contribution in [0.15, 0.2) is 18.2 Å². The lowest BCUT2D eigenvalue weighted by Gasteiger charge is -2.32. The van der Waals surface area contributed by atoms with E-state index in [4.69, 9.17) is 17.4 Å². The molecule has 1 saturated heterocycles. The molecule has 17 heavy (non-hydrogen) atoms. The van der Waals surface area contributed by atoms with E-state index in [0.29, 0.717) is 18.1 Å². The Kier molecular flexibility index (Phi) is 3.54. The number of halogens is 1. The minimum absolute atomic E-state index is 0.132. The minimum atomic E-state index is -0.132. The Morgan fingerprint density at radius 1 is 1.41 bits per heavy atom. The maximum atomic E-state index is 11.8. The Labute approximate surface area is 106 Å². The number of urea groups is 1. The number of nitrogens with zero attached hydrogens (tertiary/aromatic N) is 2. The molecular formula is C12H16ClN3O. The van der Waals surface area contributed by atoms with Crippen LogP contribution in [0.25, 0.3) is 0 Å². The van der Waals surface area contributed by atoms with Crippen LogP contribution in [0.1, 0.15) is 17.5 Å². The molecule has 1 aliphatic heterocycles. The second-order valence-corrected chi connectivity index (χ2v) is 4.75. The summed E-state index contributed by atoms with van der Waals surface area (Å²) in [6.07, 6.45) is 0.895. The molecule has 0 unspecified atom stereocenters. The molecule has 0 saturated carbocycles. The number of amides is 2. The molecule has 2 N–H and O–H groups in total. The summed E-state index contributed by atoms with van der Waals surface area (Å²) in [7, 11) is 0. The highest BCUT2D eigenvalue weighted by Gasteiger charge is 2.23. The summed E-state index contributed by atoms with van der Waals surface area (Å²) in [5.41, 5.74) is 2.07. The molecule has 4 nitrogen and oxygen atoms in total. The van der Waals surface area contributed by atoms with Gasteiger partial charge in [-0.05, 0) is 30.5 Å². The van der Waals surface area contributed by atoms with Gasteiger partial charge in [-0.25, -0.2) is 10.6 Å². The quantitative estimate of drug-likeness (QED) is 0.649. The molecule has 1 fully saturated rings. The summed E-state index contributed by atoms with van der Waals surface area (Å²) in [4.78, 5) is 13.5. The fourth-order valence-corrected chi connectivity index (χ4v) is 2.23. The van der Waals surface area contributed by atoms with Crippen LogP contribution in [0.2, 0.25) is 5.02 Å². The van der Waals surface area contributed by atoms with Gasteiger partial charge in [-0.1, -0.05) is 23.7 Å². The van der Waals surface area contributed by atoms with Crippen molar-refractivity contribution in [2.45, 2.75) is 19.9 Å². The first kappa shape index (κ1) is 12.2. The van der Waals surface area contributed by atoms with Crippen LogP contribution in [-0.4, -0.2) is 29.0 Å². The highest BCUT2D eigenvalue weighted by Crippen LogP contribution is 2.20. The van der Waals surface area contributed by atoms with Crippen LogP contribution in [-0.2, 0) is 6.54 Å². The zero-order chi connectivity index (χ0) is 12.4. The Hall–Kier alpha value is -1.26. The molecular weight excluding hydrogens is 238 g/mol. The highest BCUT2D eigenvalue weighted by atomic mass is 35.5. The molecule has 2 amide bonds. The van der Waals surface area contributed by atoms with E-state index in [-0.39, 0.29) is 6.03 Å². The van der Waals surface area contributed by atoms with E-state index in [9.17, 15) is 4.79 Å². The predicted molar refractivity (Wildman–Crippen MR) is 67.5 cm³/mol. The van der Waals surface area contributed by atoms with E-state index in [1.54, 1.807) is 4.90 Å². The zero-order valence-corrected chi connectivity index (χ0v) is 10.6. The van der Waals surface area contributed by atoms with Crippen molar-refractivity contribution in [3.05, 3.63) is 34.3 Å². The van der Waals surface area contributed by atoms with Crippen molar-refractivity contribution in [2.24, 2.45) is 5.84 Å². The second kappa shape index (κ2) is 4.94. The minimum Gasteiger partial charge on any atom is -0.319 e. The van der Waals surface area contributed by atoms with Gasteiger partial charge in [-0.15, -0.1) is 0 Å². The number of hydrazine groups is 1. The van der Waals surface area contributed by atoms with Crippen molar-refractivity contribution in [2.75, 3.05) is 13.1 Å². The summed E-state index contributed by atoms with van der Waals surface area (Å²) in [5, 5.41) is 1.96. The van der Waals surface area contributed by atoms with Gasteiger partial charge in [-0.2, -0.15) is 0 Å². The number of rotatable bonds is 2. The Morgan fingerprint density at radius 3 is 2.88 bits per heavy atom. The van der Waals surface area contributed by atoms with Crippen LogP contribution >= 0.6 is 11.6 Å². The van der Waals surface area contributed by atoms with E-state index in [1.807, 2.05) is 25.1 Å². The third-order valence-electron chi connectivity index (χ3n) is 2.91. The lowest BCUT2D eigenvalue weighted by atomic mass is 10.1. The first-order valence-corrected chi connectivity index (χ1v) is 6.02. The number of carbonyl (C=O) groups is 1. The van der Waals surface area contributed by atoms with Gasteiger partial charge in [0.25, 0.3) is 0 Å². The molecule has 1 aliphatic rings. The maximum absolute atomic E-state index is 11.8. The smallest absolute Gasteiger partial charge is 0.319 e. The van der Waals surface area contributed by atoms with Crippen LogP contribution in [0.3, 0.4) is 0 Å². The Morgan fingerprint density at radius 2 is 2.18 bits per heavy atom. The SMILES string of the molecule is Cc1ccc(CN2CCCN(N)C2=O)c(Cl)c1. The van der Waals surface area contributed by atoms with Gasteiger partial charge in [0.15, 0.2) is 0 Å². The normalized spacial score (nSPS) is 16.5. The average Bonchev–Trinajstić information content (AvgIpc) is 2.28. The fourth-order valence-electron chi connectivity index (χ4n) is 1.94. The summed E-state index contributed by atoms with van der Waals surface area (Å²) in [5.74, 6) is 5.59. The summed E-state index contributed by atoms with van der Waals surface area (Å²) in [6, 6.07) is 5.73. The molecule has 0 radical (unpaired) electrons.